The van der Waals surface area contributed by atoms with Crippen molar-refractivity contribution in [1.29, 1.82) is 0 Å². The molecule has 1 aliphatic heterocycles. The molecule has 4 rings (SSSR count). The molecule has 1 fully saturated rings. The van der Waals surface area contributed by atoms with Crippen LogP contribution < -0.4 is 5.32 Å². The molecule has 7 heteroatoms. The van der Waals surface area contributed by atoms with E-state index in [1.807, 2.05) is 19.1 Å². The molecule has 30 heavy (non-hydrogen) atoms. The Morgan fingerprint density at radius 3 is 2.67 bits per heavy atom. The molecule has 0 spiro atoms. The Kier molecular flexibility index (Phi) is 5.63. The van der Waals surface area contributed by atoms with Crippen molar-refractivity contribution in [2.24, 2.45) is 0 Å². The average molecular weight is 424 g/mol. The number of likely N-dealkylation sites (tertiary alicyclic amines) is 1. The van der Waals surface area contributed by atoms with Crippen LogP contribution in [0.1, 0.15) is 30.4 Å². The van der Waals surface area contributed by atoms with Crippen LogP contribution in [0.4, 0.5) is 9.52 Å². The van der Waals surface area contributed by atoms with Gasteiger partial charge in [0.15, 0.2) is 5.13 Å². The third-order valence-electron chi connectivity index (χ3n) is 5.53. The molecule has 0 bridgehead atoms. The van der Waals surface area contributed by atoms with Gasteiger partial charge in [-0.25, -0.2) is 9.37 Å². The monoisotopic (exact) mass is 423 g/mol. The molecule has 5 nitrogen and oxygen atoms in total. The topological polar surface area (TPSA) is 62.3 Å². The number of hydrogen-bond donors (Lipinski definition) is 1. The summed E-state index contributed by atoms with van der Waals surface area (Å²) in [5.41, 5.74) is 3.19. The minimum Gasteiger partial charge on any atom is -0.331 e. The zero-order valence-corrected chi connectivity index (χ0v) is 17.6. The Labute approximate surface area is 178 Å². The van der Waals surface area contributed by atoms with Gasteiger partial charge in [0.2, 0.25) is 0 Å². The van der Waals surface area contributed by atoms with E-state index >= 15 is 0 Å². The van der Waals surface area contributed by atoms with Gasteiger partial charge in [-0.3, -0.25) is 14.9 Å². The highest BCUT2D eigenvalue weighted by atomic mass is 32.1. The zero-order chi connectivity index (χ0) is 21.3. The van der Waals surface area contributed by atoms with E-state index in [4.69, 9.17) is 0 Å². The van der Waals surface area contributed by atoms with Gasteiger partial charge in [-0.15, -0.1) is 11.3 Å². The number of amides is 2. The van der Waals surface area contributed by atoms with Crippen LogP contribution in [0.15, 0.2) is 53.9 Å². The summed E-state index contributed by atoms with van der Waals surface area (Å²) in [7, 11) is 0. The van der Waals surface area contributed by atoms with E-state index in [-0.39, 0.29) is 22.9 Å². The average Bonchev–Trinajstić information content (AvgIpc) is 3.34. The first-order valence-electron chi connectivity index (χ1n) is 9.82. The van der Waals surface area contributed by atoms with E-state index in [2.05, 4.69) is 29.4 Å². The molecule has 2 atom stereocenters. The van der Waals surface area contributed by atoms with Crippen molar-refractivity contribution in [3.05, 3.63) is 70.9 Å². The van der Waals surface area contributed by atoms with E-state index in [0.29, 0.717) is 17.8 Å². The number of nitrogens with zero attached hydrogens (tertiary/aromatic N) is 2. The second kappa shape index (κ2) is 8.36. The van der Waals surface area contributed by atoms with Crippen molar-refractivity contribution in [2.45, 2.75) is 32.2 Å². The lowest BCUT2D eigenvalue weighted by molar-refractivity contribution is -0.143. The third-order valence-corrected chi connectivity index (χ3v) is 6.29. The van der Waals surface area contributed by atoms with Crippen LogP contribution in [0.3, 0.4) is 0 Å². The van der Waals surface area contributed by atoms with E-state index < -0.39 is 11.8 Å². The molecule has 3 aromatic rings. The summed E-state index contributed by atoms with van der Waals surface area (Å²) >= 11 is 1.16. The molecule has 1 aromatic heterocycles. The highest BCUT2D eigenvalue weighted by Gasteiger charge is 2.36. The Balaban J connectivity index is 1.44. The van der Waals surface area contributed by atoms with Gasteiger partial charge in [0.25, 0.3) is 0 Å². The molecule has 154 valence electrons. The van der Waals surface area contributed by atoms with Crippen LogP contribution in [-0.4, -0.2) is 34.3 Å². The predicted octanol–water partition coefficient (Wildman–Crippen LogP) is 4.60. The smallest absolute Gasteiger partial charge is 0.315 e. The lowest BCUT2D eigenvalue weighted by Crippen LogP contribution is -2.41. The van der Waals surface area contributed by atoms with Crippen molar-refractivity contribution in [3.8, 4) is 11.3 Å². The number of thiazole rings is 1. The summed E-state index contributed by atoms with van der Waals surface area (Å²) in [6.07, 6.45) is 0.818. The van der Waals surface area contributed by atoms with Crippen LogP contribution in [0.5, 0.6) is 0 Å². The number of rotatable bonds is 3. The molecule has 2 amide bonds. The van der Waals surface area contributed by atoms with Crippen LogP contribution in [0.2, 0.25) is 0 Å². The first-order chi connectivity index (χ1) is 14.4. The number of hydrogen-bond acceptors (Lipinski definition) is 4. The van der Waals surface area contributed by atoms with Crippen LogP contribution in [0, 0.1) is 12.7 Å². The summed E-state index contributed by atoms with van der Waals surface area (Å²) in [6.45, 7) is 4.53. The van der Waals surface area contributed by atoms with E-state index in [1.54, 1.807) is 28.5 Å². The van der Waals surface area contributed by atoms with Gasteiger partial charge in [0.05, 0.1) is 5.69 Å². The summed E-state index contributed by atoms with van der Waals surface area (Å²) in [6, 6.07) is 14.4. The predicted molar refractivity (Wildman–Crippen MR) is 116 cm³/mol. The highest BCUT2D eigenvalue weighted by Crippen LogP contribution is 2.33. The molecule has 0 aliphatic carbocycles. The molecular formula is C23H22FN3O2S. The first-order valence-corrected chi connectivity index (χ1v) is 10.7. The van der Waals surface area contributed by atoms with Gasteiger partial charge in [-0.1, -0.05) is 36.4 Å². The molecule has 0 saturated carbocycles. The highest BCUT2D eigenvalue weighted by molar-refractivity contribution is 7.14. The normalized spacial score (nSPS) is 18.4. The van der Waals surface area contributed by atoms with Gasteiger partial charge < -0.3 is 4.90 Å². The summed E-state index contributed by atoms with van der Waals surface area (Å²) in [5.74, 6) is -1.46. The largest absolute Gasteiger partial charge is 0.331 e. The Bertz CT molecular complexity index is 1100. The van der Waals surface area contributed by atoms with E-state index in [1.165, 1.54) is 17.2 Å². The first kappa shape index (κ1) is 20.2. The number of aryl methyl sites for hydroxylation is 1. The minimum absolute atomic E-state index is 0.0295. The molecular weight excluding hydrogens is 401 g/mol. The van der Waals surface area contributed by atoms with Crippen LogP contribution in [-0.2, 0) is 9.59 Å². The number of carbonyl (C=O) groups excluding carboxylic acids is 2. The van der Waals surface area contributed by atoms with Crippen molar-refractivity contribution < 1.29 is 14.0 Å². The van der Waals surface area contributed by atoms with Crippen molar-refractivity contribution in [1.82, 2.24) is 9.88 Å². The number of nitrogens with one attached hydrogen (secondary N) is 1. The maximum atomic E-state index is 13.9. The Morgan fingerprint density at radius 1 is 1.17 bits per heavy atom. The maximum Gasteiger partial charge on any atom is 0.315 e. The number of carbonyl (C=O) groups is 2. The standard InChI is InChI=1S/C23H22FN3O2S/c1-14-7-3-4-8-17(14)16-11-15(2)27(12-16)22(29)21(28)26-23-25-20(13-30-23)18-9-5-6-10-19(18)24/h3-10,13,15-16H,11-12H2,1-2H3,(H,25,26,28)/t15-,16+/m0/s1. The summed E-state index contributed by atoms with van der Waals surface area (Å²) in [4.78, 5) is 31.2. The van der Waals surface area contributed by atoms with Gasteiger partial charge >= 0.3 is 11.8 Å². The second-order valence-corrected chi connectivity index (χ2v) is 8.43. The number of aromatic nitrogens is 1. The summed E-state index contributed by atoms with van der Waals surface area (Å²) < 4.78 is 13.9. The third kappa shape index (κ3) is 3.98. The fourth-order valence-corrected chi connectivity index (χ4v) is 4.69. The zero-order valence-electron chi connectivity index (χ0n) is 16.8. The van der Waals surface area contributed by atoms with Crippen molar-refractivity contribution in [2.75, 3.05) is 11.9 Å². The Morgan fingerprint density at radius 2 is 1.90 bits per heavy atom. The Hall–Kier alpha value is -3.06. The minimum atomic E-state index is -0.721. The lowest BCUT2D eigenvalue weighted by Gasteiger charge is -2.20. The number of benzene rings is 2. The SMILES string of the molecule is Cc1ccccc1[C@@H]1C[C@H](C)N(C(=O)C(=O)Nc2nc(-c3ccccc3F)cs2)C1. The molecule has 1 aliphatic rings. The molecule has 1 saturated heterocycles. The molecule has 2 aromatic carbocycles. The number of halogens is 1. The molecule has 0 radical (unpaired) electrons. The fourth-order valence-electron chi connectivity index (χ4n) is 3.99. The van der Waals surface area contributed by atoms with Crippen molar-refractivity contribution in [3.63, 3.8) is 0 Å². The van der Waals surface area contributed by atoms with Gasteiger partial charge in [-0.05, 0) is 43.5 Å². The number of anilines is 1. The fraction of sp³-hybridized carbons (Fsp3) is 0.261. The van der Waals surface area contributed by atoms with Crippen LogP contribution >= 0.6 is 11.3 Å². The quantitative estimate of drug-likeness (QED) is 0.626. The van der Waals surface area contributed by atoms with Crippen molar-refractivity contribution >= 4 is 28.3 Å². The second-order valence-electron chi connectivity index (χ2n) is 7.57. The maximum absolute atomic E-state index is 13.9. The van der Waals surface area contributed by atoms with E-state index in [0.717, 1.165) is 17.8 Å². The van der Waals surface area contributed by atoms with Gasteiger partial charge in [0.1, 0.15) is 5.82 Å². The summed E-state index contributed by atoms with van der Waals surface area (Å²) in [5, 5.41) is 4.50. The van der Waals surface area contributed by atoms with Crippen LogP contribution in [0.25, 0.3) is 11.3 Å². The van der Waals surface area contributed by atoms with E-state index in [9.17, 15) is 14.0 Å². The molecule has 0 unspecified atom stereocenters. The molecule has 2 heterocycles. The van der Waals surface area contributed by atoms with Gasteiger partial charge in [-0.2, -0.15) is 0 Å². The van der Waals surface area contributed by atoms with Gasteiger partial charge in [0, 0.05) is 29.4 Å². The lowest BCUT2D eigenvalue weighted by atomic mass is 9.93. The molecule has 1 N–H and O–H groups in total.